The molecule has 0 aliphatic carbocycles. The summed E-state index contributed by atoms with van der Waals surface area (Å²) in [5, 5.41) is 9.37. The Labute approximate surface area is 289 Å². The largest absolute Gasteiger partial charge is 0.435 e. The van der Waals surface area contributed by atoms with Gasteiger partial charge >= 0.3 is 0 Å². The quantitative estimate of drug-likeness (QED) is 0.176. The molecule has 1 aromatic heterocycles. The summed E-state index contributed by atoms with van der Waals surface area (Å²) >= 11 is 0. The number of fused-ring (bicyclic) bond motifs is 8. The van der Waals surface area contributed by atoms with Crippen molar-refractivity contribution >= 4 is 71.3 Å². The Hall–Kier alpha value is -6.71. The first-order valence-corrected chi connectivity index (χ1v) is 17.0. The van der Waals surface area contributed by atoms with Gasteiger partial charge in [0.2, 0.25) is 5.89 Å². The predicted octanol–water partition coefficient (Wildman–Crippen LogP) is 13.2. The van der Waals surface area contributed by atoms with Crippen LogP contribution in [0.25, 0.3) is 76.8 Å². The van der Waals surface area contributed by atoms with Gasteiger partial charge in [0.25, 0.3) is 0 Å². The van der Waals surface area contributed by atoms with Gasteiger partial charge in [0.1, 0.15) is 5.52 Å². The molecule has 10 aromatic rings. The molecule has 0 aliphatic rings. The molecule has 0 N–H and O–H groups in total. The topological polar surface area (TPSA) is 29.3 Å². The molecule has 10 rings (SSSR count). The van der Waals surface area contributed by atoms with E-state index in [0.29, 0.717) is 5.89 Å². The number of rotatable bonds is 5. The first kappa shape index (κ1) is 28.3. The van der Waals surface area contributed by atoms with Gasteiger partial charge in [0.15, 0.2) is 5.58 Å². The fraction of sp³-hybridized carbons (Fsp3) is 0. The van der Waals surface area contributed by atoms with Gasteiger partial charge in [0.05, 0.1) is 0 Å². The van der Waals surface area contributed by atoms with Crippen LogP contribution in [0.5, 0.6) is 0 Å². The van der Waals surface area contributed by atoms with Crippen molar-refractivity contribution in [2.75, 3.05) is 4.90 Å². The average Bonchev–Trinajstić information content (AvgIpc) is 3.65. The lowest BCUT2D eigenvalue weighted by Crippen LogP contribution is -2.09. The number of nitrogens with zero attached hydrogens (tertiary/aromatic N) is 2. The standard InChI is InChI=1S/C47H30N2O/c1-2-12-34(13-3-1)47-48-45-44-30-37(22-27-42(44)41-16-8-9-17-43(41)46(45)50-47)33-18-23-38(24-19-33)49(39-25-20-31-10-4-6-14-35(31)28-39)40-26-21-32-11-5-7-15-36(32)29-40/h1-30H. The molecule has 0 saturated heterocycles. The Balaban J connectivity index is 1.10. The molecule has 0 aliphatic heterocycles. The number of oxazole rings is 1. The fourth-order valence-corrected chi connectivity index (χ4v) is 7.34. The second kappa shape index (κ2) is 11.5. The van der Waals surface area contributed by atoms with E-state index < -0.39 is 0 Å². The van der Waals surface area contributed by atoms with Gasteiger partial charge in [-0.15, -0.1) is 0 Å². The van der Waals surface area contributed by atoms with Gasteiger partial charge in [-0.05, 0) is 98.0 Å². The van der Waals surface area contributed by atoms with Crippen LogP contribution < -0.4 is 4.90 Å². The lowest BCUT2D eigenvalue weighted by atomic mass is 9.96. The molecular weight excluding hydrogens is 609 g/mol. The highest BCUT2D eigenvalue weighted by Gasteiger charge is 2.18. The summed E-state index contributed by atoms with van der Waals surface area (Å²) in [4.78, 5) is 7.42. The van der Waals surface area contributed by atoms with Gasteiger partial charge < -0.3 is 9.32 Å². The van der Waals surface area contributed by atoms with Gasteiger partial charge in [-0.2, -0.15) is 0 Å². The van der Waals surface area contributed by atoms with Gasteiger partial charge in [-0.3, -0.25) is 0 Å². The highest BCUT2D eigenvalue weighted by molar-refractivity contribution is 6.23. The van der Waals surface area contributed by atoms with Crippen LogP contribution in [0.15, 0.2) is 186 Å². The van der Waals surface area contributed by atoms with Crippen molar-refractivity contribution in [3.63, 3.8) is 0 Å². The maximum atomic E-state index is 6.48. The third kappa shape index (κ3) is 4.71. The Morgan fingerprint density at radius 1 is 0.360 bits per heavy atom. The van der Waals surface area contributed by atoms with Crippen molar-refractivity contribution < 1.29 is 4.42 Å². The molecule has 50 heavy (non-hydrogen) atoms. The summed E-state index contributed by atoms with van der Waals surface area (Å²) in [5.41, 5.74) is 8.27. The summed E-state index contributed by atoms with van der Waals surface area (Å²) in [6, 6.07) is 64.7. The van der Waals surface area contributed by atoms with E-state index in [4.69, 9.17) is 9.40 Å². The zero-order chi connectivity index (χ0) is 33.0. The summed E-state index contributed by atoms with van der Waals surface area (Å²) in [6.07, 6.45) is 0. The first-order chi connectivity index (χ1) is 24.8. The minimum atomic E-state index is 0.635. The van der Waals surface area contributed by atoms with E-state index in [1.165, 1.54) is 26.9 Å². The van der Waals surface area contributed by atoms with Gasteiger partial charge in [-0.1, -0.05) is 127 Å². The molecular formula is C47H30N2O. The highest BCUT2D eigenvalue weighted by Crippen LogP contribution is 2.41. The van der Waals surface area contributed by atoms with E-state index in [1.807, 2.05) is 30.3 Å². The van der Waals surface area contributed by atoms with Gasteiger partial charge in [-0.25, -0.2) is 4.98 Å². The Bertz CT molecular complexity index is 2790. The average molecular weight is 639 g/mol. The minimum absolute atomic E-state index is 0.635. The Morgan fingerprint density at radius 2 is 0.900 bits per heavy atom. The molecule has 0 fully saturated rings. The van der Waals surface area contributed by atoms with Crippen molar-refractivity contribution in [1.82, 2.24) is 4.98 Å². The molecule has 0 radical (unpaired) electrons. The van der Waals surface area contributed by atoms with Crippen LogP contribution in [0, 0.1) is 0 Å². The summed E-state index contributed by atoms with van der Waals surface area (Å²) in [5.74, 6) is 0.635. The minimum Gasteiger partial charge on any atom is -0.435 e. The SMILES string of the molecule is c1ccc(-c2nc3c4cc(-c5ccc(N(c6ccc7ccccc7c6)c6ccc7ccccc7c6)cc5)ccc4c4ccccc4c3o2)cc1. The number of anilines is 3. The highest BCUT2D eigenvalue weighted by atomic mass is 16.3. The van der Waals surface area contributed by atoms with Crippen molar-refractivity contribution in [3.05, 3.63) is 182 Å². The lowest BCUT2D eigenvalue weighted by Gasteiger charge is -2.26. The van der Waals surface area contributed by atoms with Crippen LogP contribution in [0.3, 0.4) is 0 Å². The van der Waals surface area contributed by atoms with E-state index in [-0.39, 0.29) is 0 Å². The maximum Gasteiger partial charge on any atom is 0.227 e. The molecule has 234 valence electrons. The number of aromatic nitrogens is 1. The van der Waals surface area contributed by atoms with Crippen LogP contribution in [0.1, 0.15) is 0 Å². The first-order valence-electron chi connectivity index (χ1n) is 17.0. The Kier molecular flexibility index (Phi) is 6.49. The van der Waals surface area contributed by atoms with Crippen LogP contribution in [-0.2, 0) is 0 Å². The van der Waals surface area contributed by atoms with E-state index >= 15 is 0 Å². The van der Waals surface area contributed by atoms with E-state index in [9.17, 15) is 0 Å². The van der Waals surface area contributed by atoms with Crippen LogP contribution in [0.2, 0.25) is 0 Å². The predicted molar refractivity (Wildman–Crippen MR) is 210 cm³/mol. The van der Waals surface area contributed by atoms with E-state index in [0.717, 1.165) is 61.0 Å². The Morgan fingerprint density at radius 3 is 1.58 bits per heavy atom. The smallest absolute Gasteiger partial charge is 0.227 e. The summed E-state index contributed by atoms with van der Waals surface area (Å²) in [7, 11) is 0. The molecule has 1 heterocycles. The van der Waals surface area contributed by atoms with Crippen molar-refractivity contribution in [1.29, 1.82) is 0 Å². The second-order valence-electron chi connectivity index (χ2n) is 12.8. The molecule has 3 heteroatoms. The van der Waals surface area contributed by atoms with E-state index in [1.54, 1.807) is 0 Å². The zero-order valence-corrected chi connectivity index (χ0v) is 27.1. The molecule has 0 unspecified atom stereocenters. The maximum absolute atomic E-state index is 6.48. The molecule has 0 saturated carbocycles. The zero-order valence-electron chi connectivity index (χ0n) is 27.1. The van der Waals surface area contributed by atoms with Crippen LogP contribution in [0.4, 0.5) is 17.1 Å². The third-order valence-corrected chi connectivity index (χ3v) is 9.83. The van der Waals surface area contributed by atoms with Crippen LogP contribution in [-0.4, -0.2) is 4.98 Å². The molecule has 0 bridgehead atoms. The lowest BCUT2D eigenvalue weighted by molar-refractivity contribution is 0.623. The summed E-state index contributed by atoms with van der Waals surface area (Å²) < 4.78 is 6.48. The number of hydrogen-bond donors (Lipinski definition) is 0. The second-order valence-corrected chi connectivity index (χ2v) is 12.8. The van der Waals surface area contributed by atoms with Crippen molar-refractivity contribution in [2.45, 2.75) is 0 Å². The normalized spacial score (nSPS) is 11.6. The van der Waals surface area contributed by atoms with Crippen LogP contribution >= 0.6 is 0 Å². The summed E-state index contributed by atoms with van der Waals surface area (Å²) in [6.45, 7) is 0. The molecule has 0 amide bonds. The van der Waals surface area contributed by atoms with Crippen molar-refractivity contribution in [3.8, 4) is 22.6 Å². The molecule has 0 atom stereocenters. The molecule has 9 aromatic carbocycles. The third-order valence-electron chi connectivity index (χ3n) is 9.83. The van der Waals surface area contributed by atoms with Crippen molar-refractivity contribution in [2.24, 2.45) is 0 Å². The molecule has 0 spiro atoms. The number of hydrogen-bond acceptors (Lipinski definition) is 3. The number of benzene rings is 9. The fourth-order valence-electron chi connectivity index (χ4n) is 7.34. The molecule has 3 nitrogen and oxygen atoms in total. The van der Waals surface area contributed by atoms with Gasteiger partial charge in [0, 0.05) is 33.4 Å². The van der Waals surface area contributed by atoms with E-state index in [2.05, 4.69) is 157 Å². The monoisotopic (exact) mass is 638 g/mol.